The minimum absolute atomic E-state index is 0. The van der Waals surface area contributed by atoms with Gasteiger partial charge in [0.1, 0.15) is 5.82 Å². The van der Waals surface area contributed by atoms with Gasteiger partial charge in [-0.3, -0.25) is 9.55 Å². The Hall–Kier alpha value is -7.13. The zero-order valence-electron chi connectivity index (χ0n) is 37.7. The Morgan fingerprint density at radius 2 is 1.12 bits per heavy atom. The molecule has 0 spiro atoms. The van der Waals surface area contributed by atoms with Gasteiger partial charge >= 0.3 is 21.1 Å². The van der Waals surface area contributed by atoms with Gasteiger partial charge in [0.15, 0.2) is 0 Å². The first kappa shape index (κ1) is 44.1. The number of hydrogen-bond acceptors (Lipinski definition) is 3. The van der Waals surface area contributed by atoms with E-state index in [-0.39, 0.29) is 26.5 Å². The van der Waals surface area contributed by atoms with Crippen LogP contribution in [0.3, 0.4) is 0 Å². The summed E-state index contributed by atoms with van der Waals surface area (Å²) in [5, 5.41) is 0. The van der Waals surface area contributed by atoms with Gasteiger partial charge in [0.05, 0.1) is 28.0 Å². The van der Waals surface area contributed by atoms with E-state index in [2.05, 4.69) is 234 Å². The van der Waals surface area contributed by atoms with E-state index in [1.54, 1.807) is 0 Å². The molecule has 0 N–H and O–H groups in total. The molecule has 10 rings (SSSR count). The summed E-state index contributed by atoms with van der Waals surface area (Å²) in [5.74, 6) is 1.45. The summed E-state index contributed by atoms with van der Waals surface area (Å²) < 4.78 is 8.35. The summed E-state index contributed by atoms with van der Waals surface area (Å²) in [5.41, 5.74) is 19.4. The minimum atomic E-state index is -0.157. The summed E-state index contributed by atoms with van der Waals surface area (Å²) >= 11 is 0. The molecule has 0 amide bonds. The molecule has 0 radical (unpaired) electrons. The molecule has 0 saturated heterocycles. The first-order valence-electron chi connectivity index (χ1n) is 22.1. The van der Waals surface area contributed by atoms with E-state index >= 15 is 0 Å². The van der Waals surface area contributed by atoms with E-state index in [1.165, 1.54) is 11.1 Å². The second kappa shape index (κ2) is 18.4. The number of aromatic nitrogens is 3. The number of rotatable bonds is 9. The summed E-state index contributed by atoms with van der Waals surface area (Å²) in [6.45, 7) is 11.1. The smallest absolute Gasteiger partial charge is 0.665 e. The van der Waals surface area contributed by atoms with Gasteiger partial charge in [-0.05, 0) is 99.7 Å². The van der Waals surface area contributed by atoms with Gasteiger partial charge < -0.3 is 4.74 Å². The van der Waals surface area contributed by atoms with Crippen LogP contribution in [0.4, 0.5) is 0 Å². The molecule has 66 heavy (non-hydrogen) atoms. The van der Waals surface area contributed by atoms with Crippen molar-refractivity contribution in [2.45, 2.75) is 40.0 Å². The van der Waals surface area contributed by atoms with Crippen LogP contribution in [0.15, 0.2) is 194 Å². The molecule has 4 nitrogen and oxygen atoms in total. The molecule has 0 aliphatic heterocycles. The SMILES string of the molecule is [CH2-]Oc1c(C)cc(C)cc1-c1nc2c(-c3[c-]c(-c4cc(-c5ccccc5)ccn4)cc(-c4ccccc4)c3)cccc2n1-c1cc(-c2ccccc2)c(C(C)(C)C)cc1-c1ccccc1.[Pt+2]. The van der Waals surface area contributed by atoms with Gasteiger partial charge in [-0.2, -0.15) is 7.11 Å². The van der Waals surface area contributed by atoms with E-state index in [4.69, 9.17) is 14.7 Å². The van der Waals surface area contributed by atoms with E-state index in [0.29, 0.717) is 5.75 Å². The molecule has 2 heterocycles. The van der Waals surface area contributed by atoms with Crippen LogP contribution in [0.1, 0.15) is 37.5 Å². The molecule has 8 aromatic carbocycles. The first-order chi connectivity index (χ1) is 31.6. The van der Waals surface area contributed by atoms with E-state index in [9.17, 15) is 0 Å². The third-order valence-electron chi connectivity index (χ3n) is 12.3. The molecule has 2 aromatic heterocycles. The molecule has 5 heteroatoms. The molecule has 0 aliphatic rings. The molecule has 0 bridgehead atoms. The van der Waals surface area contributed by atoms with Crippen LogP contribution in [0.2, 0.25) is 0 Å². The maximum Gasteiger partial charge on any atom is 2.00 e. The second-order valence-corrected chi connectivity index (χ2v) is 17.8. The Morgan fingerprint density at radius 3 is 1.74 bits per heavy atom. The number of imidazole rings is 1. The van der Waals surface area contributed by atoms with E-state index in [0.717, 1.165) is 101 Å². The molecule has 0 atom stereocenters. The van der Waals surface area contributed by atoms with Crippen molar-refractivity contribution in [2.24, 2.45) is 0 Å². The maximum atomic E-state index is 6.01. The molecular weight excluding hydrogens is 986 g/mol. The van der Waals surface area contributed by atoms with Crippen LogP contribution in [0.25, 0.3) is 95.0 Å². The zero-order chi connectivity index (χ0) is 44.7. The van der Waals surface area contributed by atoms with Crippen molar-refractivity contribution in [3.05, 3.63) is 224 Å². The summed E-state index contributed by atoms with van der Waals surface area (Å²) in [6, 6.07) is 70.4. The first-order valence-corrected chi connectivity index (χ1v) is 22.1. The monoisotopic (exact) mass is 1030 g/mol. The van der Waals surface area contributed by atoms with E-state index in [1.807, 2.05) is 12.3 Å². The van der Waals surface area contributed by atoms with E-state index < -0.39 is 0 Å². The topological polar surface area (TPSA) is 39.9 Å². The predicted octanol–water partition coefficient (Wildman–Crippen LogP) is 16.0. The zero-order valence-corrected chi connectivity index (χ0v) is 40.0. The molecule has 0 saturated carbocycles. The van der Waals surface area contributed by atoms with Crippen molar-refractivity contribution in [1.82, 2.24) is 14.5 Å². The van der Waals surface area contributed by atoms with Crippen LogP contribution in [0, 0.1) is 27.0 Å². The standard InChI is InChI=1S/C61H49N3O.Pt/c1-40-32-41(2)59(65-6)53(33-40)60-63-58-50(48-34-47(43-22-13-8-14-23-43)35-49(36-48)55-37-46(30-31-62-55)42-20-11-7-12-21-42)28-19-29-56(58)64(60)57-39-51(44-24-15-9-16-25-44)54(61(3,4)5)38-52(57)45-26-17-10-18-27-45;/h7-35,37-39H,6H2,1-5H3;/q-2;+2. The second-order valence-electron chi connectivity index (χ2n) is 17.8. The number of benzene rings is 8. The summed E-state index contributed by atoms with van der Waals surface area (Å²) in [6.07, 6.45) is 1.89. The maximum absolute atomic E-state index is 6.01. The number of ether oxygens (including phenoxy) is 1. The fraction of sp³-hybridized carbons (Fsp3) is 0.0984. The number of aryl methyl sites for hydroxylation is 2. The average Bonchev–Trinajstić information content (AvgIpc) is 3.74. The number of fused-ring (bicyclic) bond motifs is 1. The van der Waals surface area contributed by atoms with Crippen molar-refractivity contribution >= 4 is 11.0 Å². The normalized spacial score (nSPS) is 11.4. The van der Waals surface area contributed by atoms with Crippen molar-refractivity contribution in [2.75, 3.05) is 0 Å². The van der Waals surface area contributed by atoms with Gasteiger partial charge in [0.25, 0.3) is 0 Å². The fourth-order valence-electron chi connectivity index (χ4n) is 9.19. The van der Waals surface area contributed by atoms with Gasteiger partial charge in [0, 0.05) is 17.5 Å². The van der Waals surface area contributed by atoms with Gasteiger partial charge in [0.2, 0.25) is 0 Å². The molecular formula is C61H49N3OPt. The fourth-order valence-corrected chi connectivity index (χ4v) is 9.19. The molecule has 0 fully saturated rings. The third kappa shape index (κ3) is 8.46. The Bertz CT molecular complexity index is 3340. The molecule has 10 aromatic rings. The molecule has 0 unspecified atom stereocenters. The number of para-hydroxylation sites is 1. The number of nitrogens with zero attached hydrogens (tertiary/aromatic N) is 3. The number of hydrogen-bond donors (Lipinski definition) is 0. The van der Waals surface area contributed by atoms with Crippen molar-refractivity contribution < 1.29 is 25.8 Å². The predicted molar refractivity (Wildman–Crippen MR) is 270 cm³/mol. The molecule has 0 aliphatic carbocycles. The van der Waals surface area contributed by atoms with Crippen molar-refractivity contribution in [1.29, 1.82) is 0 Å². The van der Waals surface area contributed by atoms with Crippen LogP contribution in [-0.4, -0.2) is 14.5 Å². The quantitative estimate of drug-likeness (QED) is 0.135. The average molecular weight is 1040 g/mol. The Balaban J connectivity index is 0.00000548. The van der Waals surface area contributed by atoms with Crippen LogP contribution in [-0.2, 0) is 26.5 Å². The minimum Gasteiger partial charge on any atom is -0.665 e. The Kier molecular flexibility index (Phi) is 12.3. The summed E-state index contributed by atoms with van der Waals surface area (Å²) in [4.78, 5) is 10.6. The van der Waals surface area contributed by atoms with Crippen LogP contribution < -0.4 is 4.74 Å². The van der Waals surface area contributed by atoms with Crippen molar-refractivity contribution in [3.63, 3.8) is 0 Å². The van der Waals surface area contributed by atoms with Gasteiger partial charge in [-0.1, -0.05) is 183 Å². The molecule has 324 valence electrons. The van der Waals surface area contributed by atoms with Gasteiger partial charge in [-0.15, -0.1) is 23.8 Å². The van der Waals surface area contributed by atoms with Gasteiger partial charge in [-0.25, -0.2) is 4.98 Å². The Labute approximate surface area is 402 Å². The Morgan fingerprint density at radius 1 is 0.530 bits per heavy atom. The third-order valence-corrected chi connectivity index (χ3v) is 12.3. The number of pyridine rings is 1. The van der Waals surface area contributed by atoms with Crippen LogP contribution >= 0.6 is 0 Å². The summed E-state index contributed by atoms with van der Waals surface area (Å²) in [7, 11) is 3.97. The van der Waals surface area contributed by atoms with Crippen LogP contribution in [0.5, 0.6) is 5.75 Å². The largest absolute Gasteiger partial charge is 2.00 e. The van der Waals surface area contributed by atoms with Crippen molar-refractivity contribution in [3.8, 4) is 89.7 Å².